The number of para-hydroxylation sites is 2. The van der Waals surface area contributed by atoms with Crippen molar-refractivity contribution in [1.82, 2.24) is 9.97 Å². The highest BCUT2D eigenvalue weighted by Crippen LogP contribution is 2.30. The molecule has 0 aliphatic carbocycles. The number of ether oxygens (including phenoxy) is 2. The van der Waals surface area contributed by atoms with E-state index in [4.69, 9.17) is 9.47 Å². The second kappa shape index (κ2) is 7.54. The molecule has 1 aromatic heterocycles. The molecule has 2 aromatic carbocycles. The summed E-state index contributed by atoms with van der Waals surface area (Å²) in [6, 6.07) is 15.5. The SMILES string of the molecule is CCCOc1cc(C=C(C#N)c2nc3ccccc3[nH]2)ccc1OC. The molecule has 1 N–H and O–H groups in total. The van der Waals surface area contributed by atoms with Crippen LogP contribution in [0.5, 0.6) is 11.5 Å². The first-order valence-electron chi connectivity index (χ1n) is 8.13. The fraction of sp³-hybridized carbons (Fsp3) is 0.200. The Bertz CT molecular complexity index is 918. The lowest BCUT2D eigenvalue weighted by atomic mass is 10.1. The Morgan fingerprint density at radius 1 is 1.24 bits per heavy atom. The maximum absolute atomic E-state index is 9.54. The largest absolute Gasteiger partial charge is 0.493 e. The molecule has 5 heteroatoms. The molecule has 25 heavy (non-hydrogen) atoms. The van der Waals surface area contributed by atoms with Gasteiger partial charge < -0.3 is 14.5 Å². The third-order valence-electron chi connectivity index (χ3n) is 3.73. The number of nitriles is 1. The average molecular weight is 333 g/mol. The summed E-state index contributed by atoms with van der Waals surface area (Å²) < 4.78 is 11.1. The molecule has 126 valence electrons. The maximum atomic E-state index is 9.54. The number of imidazole rings is 1. The molecule has 0 saturated heterocycles. The molecule has 1 heterocycles. The Kier molecular flexibility index (Phi) is 5.00. The quantitative estimate of drug-likeness (QED) is 0.678. The Labute approximate surface area is 146 Å². The first-order valence-corrected chi connectivity index (χ1v) is 8.13. The summed E-state index contributed by atoms with van der Waals surface area (Å²) in [5.41, 5.74) is 3.05. The van der Waals surface area contributed by atoms with E-state index in [0.29, 0.717) is 29.5 Å². The lowest BCUT2D eigenvalue weighted by molar-refractivity contribution is 0.294. The number of allylic oxidation sites excluding steroid dienone is 1. The third kappa shape index (κ3) is 3.64. The molecule has 3 aromatic rings. The van der Waals surface area contributed by atoms with Crippen LogP contribution in [0.4, 0.5) is 0 Å². The summed E-state index contributed by atoms with van der Waals surface area (Å²) in [6.45, 7) is 2.66. The van der Waals surface area contributed by atoms with Crippen molar-refractivity contribution < 1.29 is 9.47 Å². The number of rotatable bonds is 6. The van der Waals surface area contributed by atoms with E-state index < -0.39 is 0 Å². The summed E-state index contributed by atoms with van der Waals surface area (Å²) in [5.74, 6) is 1.89. The Morgan fingerprint density at radius 2 is 2.08 bits per heavy atom. The molecule has 3 rings (SSSR count). The normalized spacial score (nSPS) is 11.3. The van der Waals surface area contributed by atoms with Crippen LogP contribution in [0.3, 0.4) is 0 Å². The van der Waals surface area contributed by atoms with Crippen LogP contribution in [0, 0.1) is 11.3 Å². The van der Waals surface area contributed by atoms with Crippen molar-refractivity contribution in [2.75, 3.05) is 13.7 Å². The molecule has 0 atom stereocenters. The minimum absolute atomic E-state index is 0.461. The number of hydrogen-bond donors (Lipinski definition) is 1. The predicted molar refractivity (Wildman–Crippen MR) is 98.4 cm³/mol. The van der Waals surface area contributed by atoms with E-state index >= 15 is 0 Å². The number of nitrogens with zero attached hydrogens (tertiary/aromatic N) is 2. The van der Waals surface area contributed by atoms with Crippen LogP contribution in [-0.4, -0.2) is 23.7 Å². The van der Waals surface area contributed by atoms with Crippen molar-refractivity contribution in [2.45, 2.75) is 13.3 Å². The summed E-state index contributed by atoms with van der Waals surface area (Å²) >= 11 is 0. The van der Waals surface area contributed by atoms with Crippen LogP contribution < -0.4 is 9.47 Å². The third-order valence-corrected chi connectivity index (χ3v) is 3.73. The van der Waals surface area contributed by atoms with Crippen LogP contribution in [0.25, 0.3) is 22.7 Å². The first kappa shape index (κ1) is 16.6. The summed E-state index contributed by atoms with van der Waals surface area (Å²) in [5, 5.41) is 9.54. The van der Waals surface area contributed by atoms with Gasteiger partial charge in [-0.05, 0) is 42.3 Å². The van der Waals surface area contributed by atoms with E-state index in [1.165, 1.54) is 0 Å². The summed E-state index contributed by atoms with van der Waals surface area (Å²) in [6.07, 6.45) is 2.70. The van der Waals surface area contributed by atoms with Gasteiger partial charge in [0.2, 0.25) is 0 Å². The standard InChI is InChI=1S/C20H19N3O2/c1-3-10-25-19-12-14(8-9-18(19)24-2)11-15(13-21)20-22-16-6-4-5-7-17(16)23-20/h4-9,11-12H,3,10H2,1-2H3,(H,22,23). The van der Waals surface area contributed by atoms with Gasteiger partial charge in [0.25, 0.3) is 0 Å². The number of methoxy groups -OCH3 is 1. The molecule has 0 spiro atoms. The summed E-state index contributed by atoms with van der Waals surface area (Å²) in [7, 11) is 1.61. The molecule has 0 amide bonds. The van der Waals surface area contributed by atoms with Crippen molar-refractivity contribution in [3.05, 3.63) is 53.9 Å². The van der Waals surface area contributed by atoms with Gasteiger partial charge in [0.15, 0.2) is 11.5 Å². The van der Waals surface area contributed by atoms with Crippen molar-refractivity contribution in [3.8, 4) is 17.6 Å². The Balaban J connectivity index is 1.97. The van der Waals surface area contributed by atoms with E-state index in [1.807, 2.05) is 49.4 Å². The predicted octanol–water partition coefficient (Wildman–Crippen LogP) is 4.42. The maximum Gasteiger partial charge on any atom is 0.161 e. The molecule has 0 saturated carbocycles. The number of aromatic amines is 1. The van der Waals surface area contributed by atoms with Gasteiger partial charge in [0.1, 0.15) is 11.9 Å². The van der Waals surface area contributed by atoms with Gasteiger partial charge in [-0.1, -0.05) is 25.1 Å². The average Bonchev–Trinajstić information content (AvgIpc) is 3.08. The topological polar surface area (TPSA) is 70.9 Å². The van der Waals surface area contributed by atoms with Gasteiger partial charge >= 0.3 is 0 Å². The molecule has 0 bridgehead atoms. The molecule has 0 fully saturated rings. The number of benzene rings is 2. The lowest BCUT2D eigenvalue weighted by Gasteiger charge is -2.10. The fourth-order valence-corrected chi connectivity index (χ4v) is 2.51. The molecular weight excluding hydrogens is 314 g/mol. The van der Waals surface area contributed by atoms with Gasteiger partial charge in [-0.2, -0.15) is 5.26 Å². The van der Waals surface area contributed by atoms with Crippen molar-refractivity contribution in [3.63, 3.8) is 0 Å². The second-order valence-corrected chi connectivity index (χ2v) is 5.53. The van der Waals surface area contributed by atoms with E-state index in [2.05, 4.69) is 16.0 Å². The molecule has 0 aliphatic heterocycles. The minimum Gasteiger partial charge on any atom is -0.493 e. The first-order chi connectivity index (χ1) is 12.2. The monoisotopic (exact) mass is 333 g/mol. The van der Waals surface area contributed by atoms with Crippen molar-refractivity contribution >= 4 is 22.7 Å². The molecular formula is C20H19N3O2. The van der Waals surface area contributed by atoms with Gasteiger partial charge in [-0.25, -0.2) is 4.98 Å². The van der Waals surface area contributed by atoms with Crippen LogP contribution in [0.2, 0.25) is 0 Å². The van der Waals surface area contributed by atoms with E-state index in [1.54, 1.807) is 13.2 Å². The minimum atomic E-state index is 0.461. The fourth-order valence-electron chi connectivity index (χ4n) is 2.51. The van der Waals surface area contributed by atoms with Crippen LogP contribution in [0.15, 0.2) is 42.5 Å². The molecule has 0 radical (unpaired) electrons. The summed E-state index contributed by atoms with van der Waals surface area (Å²) in [4.78, 5) is 7.66. The lowest BCUT2D eigenvalue weighted by Crippen LogP contribution is -1.98. The van der Waals surface area contributed by atoms with Gasteiger partial charge in [0.05, 0.1) is 30.3 Å². The van der Waals surface area contributed by atoms with Gasteiger partial charge in [-0.15, -0.1) is 0 Å². The molecule has 0 unspecified atom stereocenters. The van der Waals surface area contributed by atoms with E-state index in [-0.39, 0.29) is 0 Å². The Hall–Kier alpha value is -3.26. The van der Waals surface area contributed by atoms with Crippen LogP contribution in [0.1, 0.15) is 24.7 Å². The van der Waals surface area contributed by atoms with E-state index in [0.717, 1.165) is 23.0 Å². The number of fused-ring (bicyclic) bond motifs is 1. The zero-order valence-corrected chi connectivity index (χ0v) is 14.2. The number of hydrogen-bond acceptors (Lipinski definition) is 4. The zero-order chi connectivity index (χ0) is 17.6. The van der Waals surface area contributed by atoms with Crippen LogP contribution >= 0.6 is 0 Å². The van der Waals surface area contributed by atoms with Crippen LogP contribution in [-0.2, 0) is 0 Å². The van der Waals surface area contributed by atoms with E-state index in [9.17, 15) is 5.26 Å². The van der Waals surface area contributed by atoms with Crippen molar-refractivity contribution in [1.29, 1.82) is 5.26 Å². The highest BCUT2D eigenvalue weighted by atomic mass is 16.5. The number of H-pyrrole nitrogens is 1. The van der Waals surface area contributed by atoms with Gasteiger partial charge in [0, 0.05) is 0 Å². The highest BCUT2D eigenvalue weighted by Gasteiger charge is 2.09. The Morgan fingerprint density at radius 3 is 2.80 bits per heavy atom. The smallest absolute Gasteiger partial charge is 0.161 e. The van der Waals surface area contributed by atoms with Crippen molar-refractivity contribution in [2.24, 2.45) is 0 Å². The zero-order valence-electron chi connectivity index (χ0n) is 14.2. The second-order valence-electron chi connectivity index (χ2n) is 5.53. The molecule has 0 aliphatic rings. The number of aromatic nitrogens is 2. The van der Waals surface area contributed by atoms with Gasteiger partial charge in [-0.3, -0.25) is 0 Å². The highest BCUT2D eigenvalue weighted by molar-refractivity contribution is 5.90. The molecule has 5 nitrogen and oxygen atoms in total. The number of nitrogens with one attached hydrogen (secondary N) is 1.